The minimum Gasteiger partial charge on any atom is -0.459 e. The third-order valence-corrected chi connectivity index (χ3v) is 4.61. The van der Waals surface area contributed by atoms with E-state index in [-0.39, 0.29) is 0 Å². The van der Waals surface area contributed by atoms with Crippen LogP contribution in [0.15, 0.2) is 64.0 Å². The number of H-pyrrole nitrogens is 1. The third kappa shape index (κ3) is 3.16. The number of fused-ring (bicyclic) bond motifs is 2. The Morgan fingerprint density at radius 3 is 2.62 bits per heavy atom. The minimum absolute atomic E-state index is 0.590. The van der Waals surface area contributed by atoms with Crippen molar-refractivity contribution in [1.82, 2.24) is 15.6 Å². The highest BCUT2D eigenvalue weighted by Crippen LogP contribution is 2.24. The van der Waals surface area contributed by atoms with E-state index in [2.05, 4.69) is 51.8 Å². The zero-order chi connectivity index (χ0) is 17.9. The molecule has 132 valence electrons. The first-order valence-corrected chi connectivity index (χ1v) is 8.73. The summed E-state index contributed by atoms with van der Waals surface area (Å²) in [6.07, 6.45) is 0. The van der Waals surface area contributed by atoms with Gasteiger partial charge in [0, 0.05) is 29.2 Å². The number of aryl methyl sites for hydroxylation is 1. The van der Waals surface area contributed by atoms with Gasteiger partial charge in [0.25, 0.3) is 0 Å². The highest BCUT2D eigenvalue weighted by atomic mass is 16.3. The molecule has 0 spiro atoms. The Labute approximate surface area is 152 Å². The predicted molar refractivity (Wildman–Crippen MR) is 106 cm³/mol. The van der Waals surface area contributed by atoms with Crippen LogP contribution in [-0.4, -0.2) is 18.0 Å². The number of aromatic nitrogens is 1. The molecule has 0 bridgehead atoms. The summed E-state index contributed by atoms with van der Waals surface area (Å²) in [5.41, 5.74) is 4.35. The van der Waals surface area contributed by atoms with Gasteiger partial charge in [-0.3, -0.25) is 4.99 Å². The van der Waals surface area contributed by atoms with E-state index >= 15 is 0 Å². The van der Waals surface area contributed by atoms with E-state index in [4.69, 9.17) is 4.42 Å². The zero-order valence-electron chi connectivity index (χ0n) is 15.0. The normalized spacial score (nSPS) is 12.0. The number of furan rings is 1. The number of nitrogens with zero attached hydrogens (tertiary/aromatic N) is 1. The fourth-order valence-electron chi connectivity index (χ4n) is 3.19. The first kappa shape index (κ1) is 16.3. The van der Waals surface area contributed by atoms with Crippen molar-refractivity contribution in [2.75, 3.05) is 7.05 Å². The predicted octanol–water partition coefficient (Wildman–Crippen LogP) is 4.09. The molecule has 4 rings (SSSR count). The summed E-state index contributed by atoms with van der Waals surface area (Å²) in [7, 11) is 1.77. The maximum atomic E-state index is 5.94. The summed E-state index contributed by atoms with van der Waals surface area (Å²) in [5.74, 6) is 1.67. The number of aliphatic imine (C=N–C) groups is 1. The molecule has 26 heavy (non-hydrogen) atoms. The van der Waals surface area contributed by atoms with E-state index in [1.807, 2.05) is 30.3 Å². The second-order valence-corrected chi connectivity index (χ2v) is 6.31. The van der Waals surface area contributed by atoms with Gasteiger partial charge in [0.1, 0.15) is 11.3 Å². The summed E-state index contributed by atoms with van der Waals surface area (Å²) in [4.78, 5) is 7.71. The van der Waals surface area contributed by atoms with Crippen molar-refractivity contribution in [2.45, 2.75) is 20.0 Å². The van der Waals surface area contributed by atoms with Gasteiger partial charge in [0.05, 0.1) is 13.1 Å². The van der Waals surface area contributed by atoms with Crippen LogP contribution in [0.3, 0.4) is 0 Å². The van der Waals surface area contributed by atoms with Crippen LogP contribution in [0.25, 0.3) is 21.9 Å². The number of guanidine groups is 1. The molecule has 2 heterocycles. The zero-order valence-corrected chi connectivity index (χ0v) is 15.0. The van der Waals surface area contributed by atoms with Crippen LogP contribution >= 0.6 is 0 Å². The second kappa shape index (κ2) is 6.96. The van der Waals surface area contributed by atoms with Gasteiger partial charge in [-0.05, 0) is 30.5 Å². The Balaban J connectivity index is 1.40. The average Bonchev–Trinajstić information content (AvgIpc) is 3.23. The quantitative estimate of drug-likeness (QED) is 0.385. The smallest absolute Gasteiger partial charge is 0.191 e. The van der Waals surface area contributed by atoms with Crippen molar-refractivity contribution < 1.29 is 4.42 Å². The highest BCUT2D eigenvalue weighted by molar-refractivity contribution is 5.83. The molecule has 2 aromatic carbocycles. The van der Waals surface area contributed by atoms with Crippen molar-refractivity contribution in [3.63, 3.8) is 0 Å². The Bertz CT molecular complexity index is 1040. The molecule has 0 saturated carbocycles. The van der Waals surface area contributed by atoms with Crippen LogP contribution in [0.1, 0.15) is 17.0 Å². The number of para-hydroxylation sites is 2. The Morgan fingerprint density at radius 1 is 1.04 bits per heavy atom. The first-order valence-electron chi connectivity index (χ1n) is 8.73. The molecular formula is C21H22N4O. The molecule has 0 aliphatic carbocycles. The van der Waals surface area contributed by atoms with E-state index in [0.29, 0.717) is 13.1 Å². The lowest BCUT2D eigenvalue weighted by Gasteiger charge is -2.10. The van der Waals surface area contributed by atoms with Gasteiger partial charge in [0.15, 0.2) is 5.96 Å². The average molecular weight is 346 g/mol. The van der Waals surface area contributed by atoms with Crippen molar-refractivity contribution in [2.24, 2.45) is 4.99 Å². The molecular weight excluding hydrogens is 324 g/mol. The van der Waals surface area contributed by atoms with Gasteiger partial charge in [-0.25, -0.2) is 0 Å². The van der Waals surface area contributed by atoms with E-state index < -0.39 is 0 Å². The molecule has 4 aromatic rings. The monoisotopic (exact) mass is 346 g/mol. The van der Waals surface area contributed by atoms with Gasteiger partial charge in [-0.1, -0.05) is 36.4 Å². The molecule has 5 heteroatoms. The summed E-state index contributed by atoms with van der Waals surface area (Å²) >= 11 is 0. The lowest BCUT2D eigenvalue weighted by Crippen LogP contribution is -2.36. The second-order valence-electron chi connectivity index (χ2n) is 6.31. The largest absolute Gasteiger partial charge is 0.459 e. The summed E-state index contributed by atoms with van der Waals surface area (Å²) in [6, 6.07) is 18.5. The molecule has 5 nitrogen and oxygen atoms in total. The minimum atomic E-state index is 0.590. The molecule has 2 aromatic heterocycles. The molecule has 0 aliphatic heterocycles. The van der Waals surface area contributed by atoms with E-state index in [1.165, 1.54) is 10.9 Å². The SMILES string of the molecule is CN=C(NCc1cc2ccccc2[nH]1)NCc1oc2ccccc2c1C. The number of hydrogen-bond acceptors (Lipinski definition) is 2. The summed E-state index contributed by atoms with van der Waals surface area (Å²) in [5, 5.41) is 9.03. The fourth-order valence-corrected chi connectivity index (χ4v) is 3.19. The molecule has 3 N–H and O–H groups in total. The van der Waals surface area contributed by atoms with Crippen LogP contribution in [0, 0.1) is 6.92 Å². The highest BCUT2D eigenvalue weighted by Gasteiger charge is 2.10. The number of rotatable bonds is 4. The van der Waals surface area contributed by atoms with Crippen LogP contribution in [0.4, 0.5) is 0 Å². The molecule has 0 amide bonds. The van der Waals surface area contributed by atoms with Gasteiger partial charge in [0.2, 0.25) is 0 Å². The molecule has 0 saturated heterocycles. The fraction of sp³-hybridized carbons (Fsp3) is 0.190. The van der Waals surface area contributed by atoms with Crippen LogP contribution in [-0.2, 0) is 13.1 Å². The lowest BCUT2D eigenvalue weighted by atomic mass is 10.1. The van der Waals surface area contributed by atoms with Gasteiger partial charge in [-0.15, -0.1) is 0 Å². The maximum Gasteiger partial charge on any atom is 0.191 e. The van der Waals surface area contributed by atoms with Crippen molar-refractivity contribution in [3.8, 4) is 0 Å². The van der Waals surface area contributed by atoms with Crippen molar-refractivity contribution in [1.29, 1.82) is 0 Å². The number of hydrogen-bond donors (Lipinski definition) is 3. The summed E-state index contributed by atoms with van der Waals surface area (Å²) in [6.45, 7) is 3.35. The van der Waals surface area contributed by atoms with Crippen molar-refractivity contribution >= 4 is 27.8 Å². The Hall–Kier alpha value is -3.21. The van der Waals surface area contributed by atoms with E-state index in [1.54, 1.807) is 7.05 Å². The van der Waals surface area contributed by atoms with Gasteiger partial charge in [-0.2, -0.15) is 0 Å². The maximum absolute atomic E-state index is 5.94. The molecule has 0 atom stereocenters. The molecule has 0 aliphatic rings. The number of benzene rings is 2. The van der Waals surface area contributed by atoms with Gasteiger partial charge < -0.3 is 20.0 Å². The third-order valence-electron chi connectivity index (χ3n) is 4.61. The molecule has 0 unspecified atom stereocenters. The van der Waals surface area contributed by atoms with E-state index in [9.17, 15) is 0 Å². The Morgan fingerprint density at radius 2 is 1.81 bits per heavy atom. The van der Waals surface area contributed by atoms with Crippen LogP contribution < -0.4 is 10.6 Å². The summed E-state index contributed by atoms with van der Waals surface area (Å²) < 4.78 is 5.94. The molecule has 0 radical (unpaired) electrons. The lowest BCUT2D eigenvalue weighted by molar-refractivity contribution is 0.534. The van der Waals surface area contributed by atoms with Crippen molar-refractivity contribution in [3.05, 3.63) is 71.6 Å². The molecule has 0 fully saturated rings. The standard InChI is InChI=1S/C21H22N4O/c1-14-17-8-4-6-10-19(17)26-20(14)13-24-21(22-2)23-12-16-11-15-7-3-5-9-18(15)25-16/h3-11,25H,12-13H2,1-2H3,(H2,22,23,24). The number of nitrogens with one attached hydrogen (secondary N) is 3. The topological polar surface area (TPSA) is 65.3 Å². The van der Waals surface area contributed by atoms with Gasteiger partial charge >= 0.3 is 0 Å². The number of aromatic amines is 1. The first-order chi connectivity index (χ1) is 12.7. The van der Waals surface area contributed by atoms with Crippen LogP contribution in [0.5, 0.6) is 0 Å². The van der Waals surface area contributed by atoms with Crippen LogP contribution in [0.2, 0.25) is 0 Å². The van der Waals surface area contributed by atoms with E-state index in [0.717, 1.165) is 33.9 Å². The Kier molecular flexibility index (Phi) is 4.35.